The van der Waals surface area contributed by atoms with Crippen LogP contribution in [0.3, 0.4) is 0 Å². The maximum Gasteiger partial charge on any atom is 0.339 e. The van der Waals surface area contributed by atoms with Gasteiger partial charge in [-0.2, -0.15) is 8.42 Å². The number of carbonyl (C=O) groups excluding carboxylic acids is 1. The largest absolute Gasteiger partial charge is 0.497 e. The summed E-state index contributed by atoms with van der Waals surface area (Å²) in [4.78, 5) is 10.9. The lowest BCUT2D eigenvalue weighted by molar-refractivity contribution is 0.1000. The Morgan fingerprint density at radius 2 is 1.67 bits per heavy atom. The zero-order chi connectivity index (χ0) is 15.5. The number of methoxy groups -OCH3 is 1. The molecule has 1 amide bonds. The third-order valence-corrected chi connectivity index (χ3v) is 3.94. The van der Waals surface area contributed by atoms with Crippen LogP contribution in [0.2, 0.25) is 0 Å². The summed E-state index contributed by atoms with van der Waals surface area (Å²) in [6.45, 7) is 0. The molecule has 0 atom stereocenters. The SMILES string of the molecule is COc1cccc(OS(=O)(=O)c2ccc(C(N)=O)cc2)c1. The van der Waals surface area contributed by atoms with Crippen molar-refractivity contribution in [3.63, 3.8) is 0 Å². The molecule has 0 aliphatic carbocycles. The van der Waals surface area contributed by atoms with Gasteiger partial charge in [0.15, 0.2) is 0 Å². The number of primary amides is 1. The summed E-state index contributed by atoms with van der Waals surface area (Å²) in [5.41, 5.74) is 5.31. The van der Waals surface area contributed by atoms with Crippen molar-refractivity contribution in [1.29, 1.82) is 0 Å². The number of rotatable bonds is 5. The highest BCUT2D eigenvalue weighted by Gasteiger charge is 2.17. The molecule has 0 fully saturated rings. The molecular weight excluding hydrogens is 294 g/mol. The van der Waals surface area contributed by atoms with Gasteiger partial charge < -0.3 is 14.7 Å². The quantitative estimate of drug-likeness (QED) is 0.846. The Bertz CT molecular complexity index is 753. The van der Waals surface area contributed by atoms with E-state index in [9.17, 15) is 13.2 Å². The van der Waals surface area contributed by atoms with Gasteiger partial charge >= 0.3 is 10.1 Å². The Morgan fingerprint density at radius 3 is 2.24 bits per heavy atom. The first-order chi connectivity index (χ1) is 9.92. The Kier molecular flexibility index (Phi) is 4.13. The Labute approximate surface area is 122 Å². The van der Waals surface area contributed by atoms with Gasteiger partial charge in [-0.25, -0.2) is 0 Å². The first kappa shape index (κ1) is 14.9. The van der Waals surface area contributed by atoms with Gasteiger partial charge in [-0.1, -0.05) is 6.07 Å². The fraction of sp³-hybridized carbons (Fsp3) is 0.0714. The van der Waals surface area contributed by atoms with Crippen LogP contribution in [0.15, 0.2) is 53.4 Å². The van der Waals surface area contributed by atoms with Crippen LogP contribution < -0.4 is 14.7 Å². The van der Waals surface area contributed by atoms with E-state index in [1.165, 1.54) is 43.5 Å². The zero-order valence-electron chi connectivity index (χ0n) is 11.1. The molecule has 0 aromatic heterocycles. The minimum Gasteiger partial charge on any atom is -0.497 e. The molecule has 0 bridgehead atoms. The van der Waals surface area contributed by atoms with E-state index in [1.54, 1.807) is 12.1 Å². The molecular formula is C14H13NO5S. The highest BCUT2D eigenvalue weighted by Crippen LogP contribution is 2.23. The number of benzene rings is 2. The molecule has 21 heavy (non-hydrogen) atoms. The van der Waals surface area contributed by atoms with E-state index in [0.29, 0.717) is 5.75 Å². The lowest BCUT2D eigenvalue weighted by Gasteiger charge is -2.08. The summed E-state index contributed by atoms with van der Waals surface area (Å²) in [5, 5.41) is 0. The van der Waals surface area contributed by atoms with Gasteiger partial charge in [0.05, 0.1) is 7.11 Å². The van der Waals surface area contributed by atoms with Gasteiger partial charge in [-0.3, -0.25) is 4.79 Å². The monoisotopic (exact) mass is 307 g/mol. The molecule has 0 saturated carbocycles. The maximum absolute atomic E-state index is 12.1. The summed E-state index contributed by atoms with van der Waals surface area (Å²) in [6, 6.07) is 11.4. The van der Waals surface area contributed by atoms with Crippen molar-refractivity contribution in [3.05, 3.63) is 54.1 Å². The number of amides is 1. The minimum atomic E-state index is -3.99. The van der Waals surface area contributed by atoms with Crippen molar-refractivity contribution in [2.45, 2.75) is 4.90 Å². The van der Waals surface area contributed by atoms with Crippen LogP contribution in [0.1, 0.15) is 10.4 Å². The van der Waals surface area contributed by atoms with Gasteiger partial charge in [0.1, 0.15) is 16.4 Å². The summed E-state index contributed by atoms with van der Waals surface area (Å²) in [5.74, 6) is -0.0206. The molecule has 2 N–H and O–H groups in total. The molecule has 7 heteroatoms. The zero-order valence-corrected chi connectivity index (χ0v) is 12.0. The van der Waals surface area contributed by atoms with Crippen molar-refractivity contribution in [2.24, 2.45) is 5.73 Å². The third-order valence-electron chi connectivity index (χ3n) is 2.67. The number of nitrogens with two attached hydrogens (primary N) is 1. The second-order valence-corrected chi connectivity index (χ2v) is 5.65. The predicted molar refractivity (Wildman–Crippen MR) is 75.8 cm³/mol. The van der Waals surface area contributed by atoms with Crippen LogP contribution in [0.4, 0.5) is 0 Å². The second kappa shape index (κ2) is 5.84. The van der Waals surface area contributed by atoms with Crippen LogP contribution in [0.25, 0.3) is 0 Å². The minimum absolute atomic E-state index is 0.0738. The summed E-state index contributed by atoms with van der Waals surface area (Å²) >= 11 is 0. The molecule has 110 valence electrons. The van der Waals surface area contributed by atoms with E-state index in [0.717, 1.165) is 0 Å². The molecule has 0 radical (unpaired) electrons. The van der Waals surface area contributed by atoms with Gasteiger partial charge in [-0.05, 0) is 36.4 Å². The fourth-order valence-electron chi connectivity index (χ4n) is 1.61. The summed E-state index contributed by atoms with van der Waals surface area (Å²) < 4.78 is 34.2. The lowest BCUT2D eigenvalue weighted by Crippen LogP contribution is -2.13. The standard InChI is InChI=1S/C14H13NO5S/c1-19-11-3-2-4-12(9-11)20-21(17,18)13-7-5-10(6-8-13)14(15)16/h2-9H,1H3,(H2,15,16). The first-order valence-corrected chi connectivity index (χ1v) is 7.31. The van der Waals surface area contributed by atoms with Crippen molar-refractivity contribution in [3.8, 4) is 11.5 Å². The lowest BCUT2D eigenvalue weighted by atomic mass is 10.2. The van der Waals surface area contributed by atoms with Gasteiger partial charge in [0.2, 0.25) is 5.91 Å². The Hall–Kier alpha value is -2.54. The van der Waals surface area contributed by atoms with Crippen LogP contribution in [-0.2, 0) is 10.1 Å². The van der Waals surface area contributed by atoms with Crippen LogP contribution >= 0.6 is 0 Å². The Morgan fingerprint density at radius 1 is 1.05 bits per heavy atom. The maximum atomic E-state index is 12.1. The van der Waals surface area contributed by atoms with Gasteiger partial charge in [0.25, 0.3) is 0 Å². The average Bonchev–Trinajstić information content (AvgIpc) is 2.47. The highest BCUT2D eigenvalue weighted by atomic mass is 32.2. The normalized spacial score (nSPS) is 10.9. The molecule has 0 spiro atoms. The van der Waals surface area contributed by atoms with Gasteiger partial charge in [0, 0.05) is 11.6 Å². The fourth-order valence-corrected chi connectivity index (χ4v) is 2.54. The predicted octanol–water partition coefficient (Wildman–Crippen LogP) is 1.56. The summed E-state index contributed by atoms with van der Waals surface area (Å²) in [7, 11) is -2.52. The van der Waals surface area contributed by atoms with Crippen molar-refractivity contribution in [2.75, 3.05) is 7.11 Å². The second-order valence-electron chi connectivity index (χ2n) is 4.11. The van der Waals surface area contributed by atoms with Crippen LogP contribution in [0, 0.1) is 0 Å². The number of hydrogen-bond acceptors (Lipinski definition) is 5. The molecule has 2 rings (SSSR count). The average molecular weight is 307 g/mol. The number of hydrogen-bond donors (Lipinski definition) is 1. The Balaban J connectivity index is 2.27. The molecule has 2 aromatic rings. The first-order valence-electron chi connectivity index (χ1n) is 5.91. The molecule has 0 saturated heterocycles. The highest BCUT2D eigenvalue weighted by molar-refractivity contribution is 7.87. The molecule has 0 aliphatic rings. The number of carbonyl (C=O) groups is 1. The van der Waals surface area contributed by atoms with E-state index in [-0.39, 0.29) is 16.2 Å². The van der Waals surface area contributed by atoms with Crippen LogP contribution in [-0.4, -0.2) is 21.4 Å². The van der Waals surface area contributed by atoms with Crippen LogP contribution in [0.5, 0.6) is 11.5 Å². The molecule has 2 aromatic carbocycles. The van der Waals surface area contributed by atoms with E-state index in [1.807, 2.05) is 0 Å². The smallest absolute Gasteiger partial charge is 0.339 e. The van der Waals surface area contributed by atoms with Crippen molar-refractivity contribution < 1.29 is 22.1 Å². The van der Waals surface area contributed by atoms with E-state index in [2.05, 4.69) is 0 Å². The molecule has 0 heterocycles. The van der Waals surface area contributed by atoms with Crippen molar-refractivity contribution >= 4 is 16.0 Å². The molecule has 0 unspecified atom stereocenters. The number of ether oxygens (including phenoxy) is 1. The topological polar surface area (TPSA) is 95.7 Å². The van der Waals surface area contributed by atoms with Gasteiger partial charge in [-0.15, -0.1) is 0 Å². The van der Waals surface area contributed by atoms with E-state index >= 15 is 0 Å². The van der Waals surface area contributed by atoms with Crippen molar-refractivity contribution in [1.82, 2.24) is 0 Å². The van der Waals surface area contributed by atoms with E-state index < -0.39 is 16.0 Å². The molecule has 6 nitrogen and oxygen atoms in total. The molecule has 0 aliphatic heterocycles. The summed E-state index contributed by atoms with van der Waals surface area (Å²) in [6.07, 6.45) is 0. The van der Waals surface area contributed by atoms with E-state index in [4.69, 9.17) is 14.7 Å². The third kappa shape index (κ3) is 3.51.